The van der Waals surface area contributed by atoms with Crippen LogP contribution in [0.1, 0.15) is 11.1 Å². The molecule has 1 aromatic carbocycles. The lowest BCUT2D eigenvalue weighted by molar-refractivity contribution is 0.414. The summed E-state index contributed by atoms with van der Waals surface area (Å²) in [5.41, 5.74) is 3.12. The molecule has 0 atom stereocenters. The number of nitrogens with one attached hydrogen (secondary N) is 2. The number of benzene rings is 1. The highest BCUT2D eigenvalue weighted by molar-refractivity contribution is 5.64. The van der Waals surface area contributed by atoms with Gasteiger partial charge in [0.25, 0.3) is 0 Å². The van der Waals surface area contributed by atoms with Crippen LogP contribution in [0, 0.1) is 6.92 Å². The second-order valence-corrected chi connectivity index (χ2v) is 5.28. The van der Waals surface area contributed by atoms with Crippen molar-refractivity contribution in [1.29, 1.82) is 0 Å². The van der Waals surface area contributed by atoms with Crippen LogP contribution in [-0.4, -0.2) is 40.3 Å². The number of hydrogen-bond acceptors (Lipinski definition) is 6. The third-order valence-corrected chi connectivity index (χ3v) is 3.60. The molecule has 0 amide bonds. The molecule has 3 rings (SSSR count). The van der Waals surface area contributed by atoms with Crippen molar-refractivity contribution in [3.63, 3.8) is 0 Å². The van der Waals surface area contributed by atoms with Crippen molar-refractivity contribution >= 4 is 17.4 Å². The van der Waals surface area contributed by atoms with Gasteiger partial charge in [0.15, 0.2) is 5.82 Å². The molecular weight excluding hydrogens is 292 g/mol. The normalized spacial score (nSPS) is 10.7. The van der Waals surface area contributed by atoms with E-state index >= 15 is 0 Å². The Balaban J connectivity index is 1.72. The molecule has 0 unspecified atom stereocenters. The number of ether oxygens (including phenoxy) is 1. The highest BCUT2D eigenvalue weighted by atomic mass is 16.5. The Morgan fingerprint density at radius 1 is 1.22 bits per heavy atom. The summed E-state index contributed by atoms with van der Waals surface area (Å²) >= 11 is 0. The zero-order chi connectivity index (χ0) is 16.2. The van der Waals surface area contributed by atoms with Crippen LogP contribution in [0.4, 0.5) is 11.8 Å². The second kappa shape index (κ2) is 6.51. The number of anilines is 2. The monoisotopic (exact) mass is 312 g/mol. The van der Waals surface area contributed by atoms with E-state index in [1.165, 1.54) is 11.1 Å². The first-order chi connectivity index (χ1) is 11.2. The van der Waals surface area contributed by atoms with E-state index in [1.54, 1.807) is 13.3 Å². The van der Waals surface area contributed by atoms with Crippen LogP contribution in [-0.2, 0) is 6.42 Å². The molecule has 0 spiro atoms. The first-order valence-corrected chi connectivity index (χ1v) is 7.47. The molecule has 2 N–H and O–H groups in total. The largest absolute Gasteiger partial charge is 0.497 e. The van der Waals surface area contributed by atoms with Crippen molar-refractivity contribution in [3.05, 3.63) is 41.7 Å². The Morgan fingerprint density at radius 3 is 2.87 bits per heavy atom. The van der Waals surface area contributed by atoms with Crippen molar-refractivity contribution < 1.29 is 4.74 Å². The van der Waals surface area contributed by atoms with Crippen LogP contribution in [0.15, 0.2) is 30.6 Å². The molecule has 2 aromatic heterocycles. The van der Waals surface area contributed by atoms with Crippen molar-refractivity contribution in [2.24, 2.45) is 0 Å². The van der Waals surface area contributed by atoms with Gasteiger partial charge in [-0.15, -0.1) is 10.2 Å². The van der Waals surface area contributed by atoms with Gasteiger partial charge >= 0.3 is 0 Å². The summed E-state index contributed by atoms with van der Waals surface area (Å²) in [6, 6.07) is 6.24. The lowest BCUT2D eigenvalue weighted by Crippen LogP contribution is -2.08. The van der Waals surface area contributed by atoms with Gasteiger partial charge in [0.2, 0.25) is 11.6 Å². The molecule has 7 nitrogen and oxygen atoms in total. The van der Waals surface area contributed by atoms with Gasteiger partial charge in [-0.3, -0.25) is 4.40 Å². The minimum Gasteiger partial charge on any atom is -0.497 e. The predicted octanol–water partition coefficient (Wildman–Crippen LogP) is 2.14. The standard InChI is InChI=1S/C16H20N6O/c1-11-8-12(10-13(9-11)23-3)4-5-18-14-15-20-21-16(17-2)22(15)7-6-19-14/h6-10H,4-5H2,1-3H3,(H,17,21)(H,18,19). The first kappa shape index (κ1) is 15.1. The van der Waals surface area contributed by atoms with E-state index < -0.39 is 0 Å². The highest BCUT2D eigenvalue weighted by Crippen LogP contribution is 2.18. The first-order valence-electron chi connectivity index (χ1n) is 7.47. The van der Waals surface area contributed by atoms with Crippen LogP contribution in [0.2, 0.25) is 0 Å². The molecule has 120 valence electrons. The van der Waals surface area contributed by atoms with Gasteiger partial charge in [0.1, 0.15) is 5.75 Å². The Morgan fingerprint density at radius 2 is 2.09 bits per heavy atom. The lowest BCUT2D eigenvalue weighted by Gasteiger charge is -2.09. The summed E-state index contributed by atoms with van der Waals surface area (Å²) in [5, 5.41) is 14.6. The molecule has 0 saturated heterocycles. The molecule has 0 bridgehead atoms. The molecule has 3 aromatic rings. The van der Waals surface area contributed by atoms with E-state index in [-0.39, 0.29) is 0 Å². The third-order valence-electron chi connectivity index (χ3n) is 3.60. The molecule has 2 heterocycles. The van der Waals surface area contributed by atoms with Crippen molar-refractivity contribution in [2.75, 3.05) is 31.3 Å². The maximum atomic E-state index is 5.31. The molecule has 23 heavy (non-hydrogen) atoms. The molecule has 0 fully saturated rings. The number of fused-ring (bicyclic) bond motifs is 1. The fourth-order valence-corrected chi connectivity index (χ4v) is 2.53. The van der Waals surface area contributed by atoms with Gasteiger partial charge in [-0.05, 0) is 36.6 Å². The van der Waals surface area contributed by atoms with Gasteiger partial charge in [-0.2, -0.15) is 0 Å². The number of aromatic nitrogens is 4. The third kappa shape index (κ3) is 3.18. The Labute approximate surface area is 134 Å². The van der Waals surface area contributed by atoms with Crippen LogP contribution in [0.3, 0.4) is 0 Å². The van der Waals surface area contributed by atoms with E-state index in [1.807, 2.05) is 23.7 Å². The van der Waals surface area contributed by atoms with E-state index in [9.17, 15) is 0 Å². The van der Waals surface area contributed by atoms with E-state index in [4.69, 9.17) is 4.74 Å². The summed E-state index contributed by atoms with van der Waals surface area (Å²) in [6.45, 7) is 2.82. The summed E-state index contributed by atoms with van der Waals surface area (Å²) in [6.07, 6.45) is 4.43. The number of hydrogen-bond donors (Lipinski definition) is 2. The average Bonchev–Trinajstić information content (AvgIpc) is 2.98. The van der Waals surface area contributed by atoms with Gasteiger partial charge in [0, 0.05) is 26.0 Å². The Hall–Kier alpha value is -2.83. The quantitative estimate of drug-likeness (QED) is 0.726. The zero-order valence-electron chi connectivity index (χ0n) is 13.5. The summed E-state index contributed by atoms with van der Waals surface area (Å²) in [5.74, 6) is 2.30. The fourth-order valence-electron chi connectivity index (χ4n) is 2.53. The van der Waals surface area contributed by atoms with E-state index in [2.05, 4.69) is 44.9 Å². The zero-order valence-corrected chi connectivity index (χ0v) is 13.5. The average molecular weight is 312 g/mol. The molecule has 0 aliphatic carbocycles. The number of nitrogens with zero attached hydrogens (tertiary/aromatic N) is 4. The molecule has 0 saturated carbocycles. The van der Waals surface area contributed by atoms with Crippen LogP contribution in [0.25, 0.3) is 5.65 Å². The SMILES string of the molecule is CNc1nnc2c(NCCc3cc(C)cc(OC)c3)nccn12. The topological polar surface area (TPSA) is 76.4 Å². The van der Waals surface area contributed by atoms with Crippen molar-refractivity contribution in [3.8, 4) is 5.75 Å². The van der Waals surface area contributed by atoms with Gasteiger partial charge in [-0.25, -0.2) is 4.98 Å². The Kier molecular flexibility index (Phi) is 4.27. The van der Waals surface area contributed by atoms with Gasteiger partial charge in [-0.1, -0.05) is 6.07 Å². The number of rotatable bonds is 6. The second-order valence-electron chi connectivity index (χ2n) is 5.28. The summed E-state index contributed by atoms with van der Waals surface area (Å²) in [7, 11) is 3.50. The number of methoxy groups -OCH3 is 1. The van der Waals surface area contributed by atoms with Crippen LogP contribution >= 0.6 is 0 Å². The van der Waals surface area contributed by atoms with E-state index in [0.29, 0.717) is 11.6 Å². The van der Waals surface area contributed by atoms with Gasteiger partial charge in [0.05, 0.1) is 7.11 Å². The van der Waals surface area contributed by atoms with Crippen LogP contribution in [0.5, 0.6) is 5.75 Å². The summed E-state index contributed by atoms with van der Waals surface area (Å²) < 4.78 is 7.18. The van der Waals surface area contributed by atoms with E-state index in [0.717, 1.165) is 24.5 Å². The highest BCUT2D eigenvalue weighted by Gasteiger charge is 2.08. The summed E-state index contributed by atoms with van der Waals surface area (Å²) in [4.78, 5) is 4.35. The molecular formula is C16H20N6O. The van der Waals surface area contributed by atoms with Crippen molar-refractivity contribution in [2.45, 2.75) is 13.3 Å². The maximum absolute atomic E-state index is 5.31. The van der Waals surface area contributed by atoms with Crippen LogP contribution < -0.4 is 15.4 Å². The minimum absolute atomic E-state index is 0.689. The van der Waals surface area contributed by atoms with Crippen molar-refractivity contribution in [1.82, 2.24) is 19.6 Å². The number of aryl methyl sites for hydroxylation is 1. The minimum atomic E-state index is 0.689. The molecule has 7 heteroatoms. The predicted molar refractivity (Wildman–Crippen MR) is 90.3 cm³/mol. The molecule has 0 radical (unpaired) electrons. The molecule has 0 aliphatic heterocycles. The smallest absolute Gasteiger partial charge is 0.228 e. The maximum Gasteiger partial charge on any atom is 0.228 e. The molecule has 0 aliphatic rings. The fraction of sp³-hybridized carbons (Fsp3) is 0.312. The van der Waals surface area contributed by atoms with Gasteiger partial charge < -0.3 is 15.4 Å². The lowest BCUT2D eigenvalue weighted by atomic mass is 10.1. The Bertz CT molecular complexity index is 813.